The zero-order valence-corrected chi connectivity index (χ0v) is 19.9. The third-order valence-corrected chi connectivity index (χ3v) is 5.28. The van der Waals surface area contributed by atoms with Crippen LogP contribution in [-0.2, 0) is 9.53 Å². The molecule has 174 valence electrons. The fourth-order valence-electron chi connectivity index (χ4n) is 3.45. The SMILES string of the molecule is CCCCCCCC/C=C\CCCCCCCC(=O)OCC.c1ccc2[nH]cnc2c1. The maximum absolute atomic E-state index is 11.1. The van der Waals surface area contributed by atoms with Crippen LogP contribution in [0, 0.1) is 0 Å². The van der Waals surface area contributed by atoms with Gasteiger partial charge in [-0.25, -0.2) is 4.98 Å². The predicted octanol–water partition coefficient (Wildman–Crippen LogP) is 8.15. The topological polar surface area (TPSA) is 55.0 Å². The Hall–Kier alpha value is -2.10. The zero-order chi connectivity index (χ0) is 22.4. The Morgan fingerprint density at radius 3 is 2.13 bits per heavy atom. The van der Waals surface area contributed by atoms with Gasteiger partial charge in [0.05, 0.1) is 24.0 Å². The molecule has 0 bridgehead atoms. The van der Waals surface area contributed by atoms with Gasteiger partial charge < -0.3 is 9.72 Å². The van der Waals surface area contributed by atoms with Gasteiger partial charge in [0.15, 0.2) is 0 Å². The molecule has 1 aromatic carbocycles. The summed E-state index contributed by atoms with van der Waals surface area (Å²) in [6.07, 6.45) is 23.7. The lowest BCUT2D eigenvalue weighted by atomic mass is 10.1. The third kappa shape index (κ3) is 15.4. The Morgan fingerprint density at radius 2 is 1.48 bits per heavy atom. The van der Waals surface area contributed by atoms with Crippen molar-refractivity contribution in [2.24, 2.45) is 0 Å². The van der Waals surface area contributed by atoms with Gasteiger partial charge in [-0.1, -0.05) is 82.6 Å². The van der Waals surface area contributed by atoms with E-state index < -0.39 is 0 Å². The number of aromatic nitrogens is 2. The van der Waals surface area contributed by atoms with E-state index in [2.05, 4.69) is 29.0 Å². The molecule has 0 aliphatic rings. The number of para-hydroxylation sites is 2. The van der Waals surface area contributed by atoms with Crippen molar-refractivity contribution in [1.82, 2.24) is 9.97 Å². The van der Waals surface area contributed by atoms with E-state index >= 15 is 0 Å². The molecular weight excluding hydrogens is 384 g/mol. The second kappa shape index (κ2) is 19.8. The second-order valence-corrected chi connectivity index (χ2v) is 8.06. The van der Waals surface area contributed by atoms with E-state index in [1.165, 1.54) is 70.6 Å². The summed E-state index contributed by atoms with van der Waals surface area (Å²) in [5, 5.41) is 0. The van der Waals surface area contributed by atoms with E-state index in [1.807, 2.05) is 31.2 Å². The lowest BCUT2D eigenvalue weighted by molar-refractivity contribution is -0.143. The summed E-state index contributed by atoms with van der Waals surface area (Å²) < 4.78 is 4.91. The summed E-state index contributed by atoms with van der Waals surface area (Å²) in [5.41, 5.74) is 2.12. The van der Waals surface area contributed by atoms with Crippen LogP contribution in [0.15, 0.2) is 42.7 Å². The molecule has 0 unspecified atom stereocenters. The number of rotatable bonds is 16. The van der Waals surface area contributed by atoms with Crippen molar-refractivity contribution in [3.05, 3.63) is 42.7 Å². The van der Waals surface area contributed by atoms with Gasteiger partial charge in [-0.05, 0) is 51.2 Å². The van der Waals surface area contributed by atoms with E-state index in [0.29, 0.717) is 13.0 Å². The van der Waals surface area contributed by atoms with Crippen molar-refractivity contribution in [3.8, 4) is 0 Å². The van der Waals surface area contributed by atoms with Crippen LogP contribution in [0.1, 0.15) is 104 Å². The lowest BCUT2D eigenvalue weighted by Crippen LogP contribution is -2.03. The number of H-pyrrole nitrogens is 1. The summed E-state index contributed by atoms with van der Waals surface area (Å²) >= 11 is 0. The first-order valence-corrected chi connectivity index (χ1v) is 12.5. The summed E-state index contributed by atoms with van der Waals surface area (Å²) in [5.74, 6) is -0.0415. The number of allylic oxidation sites excluding steroid dienone is 2. The number of imidazole rings is 1. The molecule has 4 heteroatoms. The molecule has 0 spiro atoms. The molecule has 0 aliphatic carbocycles. The number of hydrogen-bond acceptors (Lipinski definition) is 3. The molecule has 4 nitrogen and oxygen atoms in total. The van der Waals surface area contributed by atoms with Crippen LogP contribution in [0.5, 0.6) is 0 Å². The van der Waals surface area contributed by atoms with Gasteiger partial charge in [0.25, 0.3) is 0 Å². The molecule has 31 heavy (non-hydrogen) atoms. The zero-order valence-electron chi connectivity index (χ0n) is 19.9. The average molecular weight is 429 g/mol. The summed E-state index contributed by atoms with van der Waals surface area (Å²) in [6, 6.07) is 7.94. The van der Waals surface area contributed by atoms with Crippen molar-refractivity contribution >= 4 is 17.0 Å². The predicted molar refractivity (Wildman–Crippen MR) is 132 cm³/mol. The molecule has 0 saturated heterocycles. The molecular formula is C27H44N2O2. The van der Waals surface area contributed by atoms with Gasteiger partial charge in [-0.2, -0.15) is 0 Å². The number of nitrogens with one attached hydrogen (secondary N) is 1. The Labute approximate surface area is 189 Å². The van der Waals surface area contributed by atoms with Crippen molar-refractivity contribution in [1.29, 1.82) is 0 Å². The normalized spacial score (nSPS) is 10.9. The fraction of sp³-hybridized carbons (Fsp3) is 0.630. The molecule has 0 atom stereocenters. The molecule has 2 aromatic rings. The highest BCUT2D eigenvalue weighted by Crippen LogP contribution is 2.10. The number of carbonyl (C=O) groups excluding carboxylic acids is 1. The minimum atomic E-state index is -0.0415. The van der Waals surface area contributed by atoms with E-state index in [9.17, 15) is 4.79 Å². The highest BCUT2D eigenvalue weighted by atomic mass is 16.5. The molecule has 0 amide bonds. The fourth-order valence-corrected chi connectivity index (χ4v) is 3.45. The van der Waals surface area contributed by atoms with Crippen LogP contribution >= 0.6 is 0 Å². The number of benzene rings is 1. The van der Waals surface area contributed by atoms with Crippen LogP contribution in [0.2, 0.25) is 0 Å². The maximum Gasteiger partial charge on any atom is 0.305 e. The minimum absolute atomic E-state index is 0.0415. The standard InChI is InChI=1S/C20H38O2.C7H6N2/c1-3-5-6-7-8-9-10-11-12-13-14-15-16-17-18-19-20(21)22-4-2;1-2-4-7-6(3-1)8-5-9-7/h11-12H,3-10,13-19H2,1-2H3;1-5H,(H,8,9)/b12-11-;. The summed E-state index contributed by atoms with van der Waals surface area (Å²) in [7, 11) is 0. The molecule has 0 radical (unpaired) electrons. The molecule has 0 saturated carbocycles. The Morgan fingerprint density at radius 1 is 0.871 bits per heavy atom. The lowest BCUT2D eigenvalue weighted by Gasteiger charge is -2.01. The van der Waals surface area contributed by atoms with Gasteiger partial charge in [0.1, 0.15) is 0 Å². The number of carbonyl (C=O) groups is 1. The second-order valence-electron chi connectivity index (χ2n) is 8.06. The Balaban J connectivity index is 0.000000432. The van der Waals surface area contributed by atoms with Crippen LogP contribution in [0.25, 0.3) is 11.0 Å². The smallest absolute Gasteiger partial charge is 0.305 e. The number of ether oxygens (including phenoxy) is 1. The monoisotopic (exact) mass is 428 g/mol. The van der Waals surface area contributed by atoms with E-state index in [-0.39, 0.29) is 5.97 Å². The first-order valence-electron chi connectivity index (χ1n) is 12.5. The number of esters is 1. The van der Waals surface area contributed by atoms with E-state index in [1.54, 1.807) is 6.33 Å². The van der Waals surface area contributed by atoms with Crippen molar-refractivity contribution < 1.29 is 9.53 Å². The Kier molecular flexibility index (Phi) is 17.2. The first-order chi connectivity index (χ1) is 15.3. The molecule has 1 N–H and O–H groups in total. The van der Waals surface area contributed by atoms with Crippen LogP contribution in [-0.4, -0.2) is 22.5 Å². The number of fused-ring (bicyclic) bond motifs is 1. The van der Waals surface area contributed by atoms with Crippen LogP contribution < -0.4 is 0 Å². The summed E-state index contributed by atoms with van der Waals surface area (Å²) in [4.78, 5) is 18.2. The largest absolute Gasteiger partial charge is 0.466 e. The van der Waals surface area contributed by atoms with Gasteiger partial charge in [0.2, 0.25) is 0 Å². The Bertz CT molecular complexity index is 663. The molecule has 0 aliphatic heterocycles. The van der Waals surface area contributed by atoms with Crippen molar-refractivity contribution in [2.75, 3.05) is 6.61 Å². The number of hydrogen-bond donors (Lipinski definition) is 1. The highest BCUT2D eigenvalue weighted by Gasteiger charge is 2.00. The molecule has 2 rings (SSSR count). The molecule has 1 aromatic heterocycles. The van der Waals surface area contributed by atoms with Gasteiger partial charge in [-0.3, -0.25) is 4.79 Å². The minimum Gasteiger partial charge on any atom is -0.466 e. The van der Waals surface area contributed by atoms with Gasteiger partial charge in [-0.15, -0.1) is 0 Å². The molecule has 1 heterocycles. The third-order valence-electron chi connectivity index (χ3n) is 5.28. The first kappa shape index (κ1) is 26.9. The number of unbranched alkanes of at least 4 members (excludes halogenated alkanes) is 11. The van der Waals surface area contributed by atoms with Crippen molar-refractivity contribution in [3.63, 3.8) is 0 Å². The highest BCUT2D eigenvalue weighted by molar-refractivity contribution is 5.73. The van der Waals surface area contributed by atoms with E-state index in [0.717, 1.165) is 23.9 Å². The summed E-state index contributed by atoms with van der Waals surface area (Å²) in [6.45, 7) is 4.63. The molecule has 0 fully saturated rings. The quantitative estimate of drug-likeness (QED) is 0.167. The average Bonchev–Trinajstić information content (AvgIpc) is 3.26. The van der Waals surface area contributed by atoms with Gasteiger partial charge in [0, 0.05) is 6.42 Å². The van der Waals surface area contributed by atoms with E-state index in [4.69, 9.17) is 4.74 Å². The number of aromatic amines is 1. The maximum atomic E-state index is 11.1. The van der Waals surface area contributed by atoms with Gasteiger partial charge >= 0.3 is 5.97 Å². The van der Waals surface area contributed by atoms with Crippen LogP contribution in [0.3, 0.4) is 0 Å². The van der Waals surface area contributed by atoms with Crippen LogP contribution in [0.4, 0.5) is 0 Å². The van der Waals surface area contributed by atoms with Crippen molar-refractivity contribution in [2.45, 2.75) is 104 Å². The number of nitrogens with zero attached hydrogens (tertiary/aromatic N) is 1.